The van der Waals surface area contributed by atoms with Gasteiger partial charge in [-0.1, -0.05) is 26.8 Å². The molecule has 1 aromatic heterocycles. The monoisotopic (exact) mass is 586 g/mol. The van der Waals surface area contributed by atoms with Crippen LogP contribution in [-0.4, -0.2) is 51.6 Å². The summed E-state index contributed by atoms with van der Waals surface area (Å²) in [7, 11) is 0. The first-order valence-corrected chi connectivity index (χ1v) is 12.6. The summed E-state index contributed by atoms with van der Waals surface area (Å²) in [6.45, 7) is 7.94. The van der Waals surface area contributed by atoms with E-state index in [1.165, 1.54) is 6.92 Å². The maximum absolute atomic E-state index is 13.5. The van der Waals surface area contributed by atoms with Crippen LogP contribution < -0.4 is 10.1 Å². The Morgan fingerprint density at radius 1 is 1.21 bits per heavy atom. The van der Waals surface area contributed by atoms with Gasteiger partial charge in [-0.15, -0.1) is 17.0 Å². The number of anilines is 1. The van der Waals surface area contributed by atoms with E-state index in [4.69, 9.17) is 20.2 Å². The fraction of sp³-hybridized carbons (Fsp3) is 0.464. The van der Waals surface area contributed by atoms with Gasteiger partial charge in [0, 0.05) is 48.2 Å². The number of hydrogen-bond acceptors (Lipinski definition) is 6. The Bertz CT molecular complexity index is 1270. The Hall–Kier alpha value is -3.27. The molecule has 1 aromatic carbocycles. The van der Waals surface area contributed by atoms with E-state index < -0.39 is 11.4 Å². The maximum atomic E-state index is 13.5. The molecule has 2 aliphatic rings. The number of fused-ring (bicyclic) bond motifs is 1. The van der Waals surface area contributed by atoms with Crippen molar-refractivity contribution in [2.75, 3.05) is 18.5 Å². The molecular weight excluding hydrogens is 552 g/mol. The van der Waals surface area contributed by atoms with E-state index in [0.717, 1.165) is 29.7 Å². The molecule has 0 saturated heterocycles. The van der Waals surface area contributed by atoms with Gasteiger partial charge >= 0.3 is 5.97 Å². The Labute approximate surface area is 233 Å². The number of nitrogens with one attached hydrogen (secondary N) is 2. The van der Waals surface area contributed by atoms with Crippen LogP contribution in [0.25, 0.3) is 0 Å². The first-order valence-electron chi connectivity index (χ1n) is 12.6. The number of rotatable bonds is 10. The molecule has 0 atom stereocenters. The molecule has 0 bridgehead atoms. The van der Waals surface area contributed by atoms with Gasteiger partial charge in [-0.05, 0) is 42.9 Å². The Morgan fingerprint density at radius 3 is 2.53 bits per heavy atom. The van der Waals surface area contributed by atoms with Crippen LogP contribution in [0.5, 0.6) is 5.75 Å². The van der Waals surface area contributed by atoms with Crippen LogP contribution in [-0.2, 0) is 21.5 Å². The molecule has 0 unspecified atom stereocenters. The number of Topliss-reactive ketones (excluding diaryl/α,β-unsaturated/α-hetero) is 1. The highest BCUT2D eigenvalue weighted by atomic mass is 79.9. The third kappa shape index (κ3) is 6.78. The highest BCUT2D eigenvalue weighted by Crippen LogP contribution is 2.40. The standard InChI is InChI=1S/C28H34N4O5.BrH/c1-16(33)30-22-13-19(12-20(28(2,3)4)26(22)37-11-5-6-24(35)36)23(34)15-32-14-18-9-10-21(17-7-8-17)31-25(18)27(32)29;/h9-10,12-13,17,29H,5-8,11,14-15H2,1-4H3,(H,30,33)(H,35,36);1H. The molecule has 0 radical (unpaired) electrons. The Morgan fingerprint density at radius 2 is 1.92 bits per heavy atom. The number of carboxylic acids is 1. The van der Waals surface area contributed by atoms with Gasteiger partial charge in [-0.3, -0.25) is 19.8 Å². The number of halogens is 1. The van der Waals surface area contributed by atoms with E-state index in [-0.39, 0.29) is 54.1 Å². The molecule has 2 aromatic rings. The number of hydrogen-bond donors (Lipinski definition) is 3. The number of carboxylic acid groups (broad SMARTS) is 1. The number of aromatic nitrogens is 1. The zero-order valence-electron chi connectivity index (χ0n) is 22.2. The molecule has 1 aliphatic carbocycles. The average molecular weight is 588 g/mol. The summed E-state index contributed by atoms with van der Waals surface area (Å²) in [4.78, 5) is 42.8. The minimum absolute atomic E-state index is 0. The van der Waals surface area contributed by atoms with Crippen molar-refractivity contribution in [3.05, 3.63) is 52.3 Å². The van der Waals surface area contributed by atoms with Crippen LogP contribution in [0.2, 0.25) is 0 Å². The maximum Gasteiger partial charge on any atom is 0.303 e. The molecule has 1 fully saturated rings. The summed E-state index contributed by atoms with van der Waals surface area (Å²) in [6.07, 6.45) is 2.55. The molecule has 1 saturated carbocycles. The summed E-state index contributed by atoms with van der Waals surface area (Å²) in [5.41, 5.74) is 3.69. The number of carbonyl (C=O) groups is 3. The highest BCUT2D eigenvalue weighted by molar-refractivity contribution is 8.93. The highest BCUT2D eigenvalue weighted by Gasteiger charge is 2.32. The van der Waals surface area contributed by atoms with Crippen molar-refractivity contribution in [1.29, 1.82) is 5.41 Å². The van der Waals surface area contributed by atoms with E-state index in [9.17, 15) is 14.4 Å². The summed E-state index contributed by atoms with van der Waals surface area (Å²) in [5.74, 6) is -0.230. The van der Waals surface area contributed by atoms with Gasteiger partial charge < -0.3 is 20.1 Å². The number of ketones is 1. The third-order valence-corrected chi connectivity index (χ3v) is 6.54. The van der Waals surface area contributed by atoms with Crippen molar-refractivity contribution >= 4 is 46.2 Å². The molecule has 1 amide bonds. The molecule has 10 heteroatoms. The van der Waals surface area contributed by atoms with E-state index in [1.54, 1.807) is 17.0 Å². The van der Waals surface area contributed by atoms with Crippen LogP contribution >= 0.6 is 17.0 Å². The van der Waals surface area contributed by atoms with Crippen molar-refractivity contribution < 1.29 is 24.2 Å². The van der Waals surface area contributed by atoms with Crippen LogP contribution in [0, 0.1) is 5.41 Å². The van der Waals surface area contributed by atoms with Crippen molar-refractivity contribution in [3.8, 4) is 5.75 Å². The Kier molecular flexibility index (Phi) is 8.97. The van der Waals surface area contributed by atoms with Gasteiger partial charge in [0.25, 0.3) is 0 Å². The number of carbonyl (C=O) groups excluding carboxylic acids is 2. The lowest BCUT2D eigenvalue weighted by Gasteiger charge is -2.26. The average Bonchev–Trinajstić information content (AvgIpc) is 3.61. The summed E-state index contributed by atoms with van der Waals surface area (Å²) in [5, 5.41) is 20.3. The lowest BCUT2D eigenvalue weighted by Crippen LogP contribution is -2.31. The lowest BCUT2D eigenvalue weighted by molar-refractivity contribution is -0.137. The molecule has 38 heavy (non-hydrogen) atoms. The van der Waals surface area contributed by atoms with E-state index >= 15 is 0 Å². The van der Waals surface area contributed by atoms with Crippen molar-refractivity contribution in [2.24, 2.45) is 0 Å². The zero-order chi connectivity index (χ0) is 26.9. The second-order valence-corrected chi connectivity index (χ2v) is 10.8. The van der Waals surface area contributed by atoms with Crippen LogP contribution in [0.15, 0.2) is 24.3 Å². The normalized spacial score (nSPS) is 14.5. The summed E-state index contributed by atoms with van der Waals surface area (Å²) >= 11 is 0. The number of aliphatic carboxylic acids is 1. The number of benzene rings is 1. The molecule has 3 N–H and O–H groups in total. The van der Waals surface area contributed by atoms with Crippen LogP contribution in [0.1, 0.15) is 92.2 Å². The molecule has 0 spiro atoms. The van der Waals surface area contributed by atoms with Crippen molar-refractivity contribution in [2.45, 2.75) is 71.3 Å². The minimum Gasteiger partial charge on any atom is -0.491 e. The summed E-state index contributed by atoms with van der Waals surface area (Å²) < 4.78 is 5.97. The lowest BCUT2D eigenvalue weighted by atomic mass is 9.84. The third-order valence-electron chi connectivity index (χ3n) is 6.54. The molecule has 1 aliphatic heterocycles. The van der Waals surface area contributed by atoms with Gasteiger partial charge in [0.2, 0.25) is 5.91 Å². The number of amides is 1. The van der Waals surface area contributed by atoms with E-state index in [2.05, 4.69) is 5.32 Å². The fourth-order valence-corrected chi connectivity index (χ4v) is 4.46. The zero-order valence-corrected chi connectivity index (χ0v) is 23.9. The van der Waals surface area contributed by atoms with Gasteiger partial charge in [-0.25, -0.2) is 4.98 Å². The molecule has 9 nitrogen and oxygen atoms in total. The molecule has 204 valence electrons. The SMILES string of the molecule is Br.CC(=O)Nc1cc(C(=O)CN2Cc3ccc(C4CC4)nc3C2=N)cc(C(C)(C)C)c1OCCCC(=O)O. The van der Waals surface area contributed by atoms with Crippen molar-refractivity contribution in [1.82, 2.24) is 9.88 Å². The first-order chi connectivity index (χ1) is 17.4. The molecule has 2 heterocycles. The predicted octanol–water partition coefficient (Wildman–Crippen LogP) is 5.06. The van der Waals surface area contributed by atoms with Crippen LogP contribution in [0.3, 0.4) is 0 Å². The van der Waals surface area contributed by atoms with E-state index in [0.29, 0.717) is 41.6 Å². The van der Waals surface area contributed by atoms with Crippen molar-refractivity contribution in [3.63, 3.8) is 0 Å². The Balaban J connectivity index is 0.00000400. The quantitative estimate of drug-likeness (QED) is 0.262. The second-order valence-electron chi connectivity index (χ2n) is 10.8. The number of amidine groups is 1. The van der Waals surface area contributed by atoms with E-state index in [1.807, 2.05) is 32.9 Å². The van der Waals surface area contributed by atoms with Gasteiger partial charge in [-0.2, -0.15) is 0 Å². The largest absolute Gasteiger partial charge is 0.491 e. The first kappa shape index (κ1) is 29.3. The molecule has 4 rings (SSSR count). The fourth-order valence-electron chi connectivity index (χ4n) is 4.46. The van der Waals surface area contributed by atoms with Gasteiger partial charge in [0.1, 0.15) is 17.3 Å². The number of nitrogens with zero attached hydrogens (tertiary/aromatic N) is 2. The smallest absolute Gasteiger partial charge is 0.303 e. The number of ether oxygens (including phenoxy) is 1. The second kappa shape index (κ2) is 11.6. The molecular formula is C28H35BrN4O5. The number of pyridine rings is 1. The predicted molar refractivity (Wildman–Crippen MR) is 150 cm³/mol. The summed E-state index contributed by atoms with van der Waals surface area (Å²) in [6, 6.07) is 7.41. The van der Waals surface area contributed by atoms with Gasteiger partial charge in [0.05, 0.1) is 18.8 Å². The van der Waals surface area contributed by atoms with Crippen LogP contribution in [0.4, 0.5) is 5.69 Å². The van der Waals surface area contributed by atoms with Gasteiger partial charge in [0.15, 0.2) is 5.78 Å². The minimum atomic E-state index is -0.906. The topological polar surface area (TPSA) is 133 Å².